The Kier molecular flexibility index (Phi) is 3.97. The highest BCUT2D eigenvalue weighted by Crippen LogP contribution is 2.23. The first-order chi connectivity index (χ1) is 12.6. The molecule has 0 spiro atoms. The summed E-state index contributed by atoms with van der Waals surface area (Å²) in [6.45, 7) is 3.88. The Bertz CT molecular complexity index is 1110. The van der Waals surface area contributed by atoms with Gasteiger partial charge in [-0.05, 0) is 49.2 Å². The van der Waals surface area contributed by atoms with Gasteiger partial charge >= 0.3 is 0 Å². The Morgan fingerprint density at radius 3 is 2.77 bits per heavy atom. The zero-order valence-electron chi connectivity index (χ0n) is 14.6. The Labute approximate surface area is 151 Å². The molecule has 0 radical (unpaired) electrons. The zero-order chi connectivity index (χ0) is 18.1. The number of pyridine rings is 1. The summed E-state index contributed by atoms with van der Waals surface area (Å²) >= 11 is 0. The van der Waals surface area contributed by atoms with Crippen molar-refractivity contribution in [3.63, 3.8) is 0 Å². The van der Waals surface area contributed by atoms with Gasteiger partial charge in [0.1, 0.15) is 5.69 Å². The van der Waals surface area contributed by atoms with Gasteiger partial charge in [0.15, 0.2) is 0 Å². The fraction of sp³-hybridized carbons (Fsp3) is 0.0952. The Morgan fingerprint density at radius 1 is 1.04 bits per heavy atom. The number of rotatable bonds is 3. The van der Waals surface area contributed by atoms with Crippen molar-refractivity contribution in [2.75, 3.05) is 5.32 Å². The van der Waals surface area contributed by atoms with Gasteiger partial charge in [0.05, 0.1) is 17.4 Å². The molecule has 26 heavy (non-hydrogen) atoms. The van der Waals surface area contributed by atoms with Gasteiger partial charge < -0.3 is 5.32 Å². The summed E-state index contributed by atoms with van der Waals surface area (Å²) in [5.41, 5.74) is 5.74. The van der Waals surface area contributed by atoms with Crippen molar-refractivity contribution in [2.24, 2.45) is 0 Å². The van der Waals surface area contributed by atoms with Crippen LogP contribution in [0.3, 0.4) is 0 Å². The molecule has 2 aromatic heterocycles. The lowest BCUT2D eigenvalue weighted by molar-refractivity contribution is 0.102. The molecule has 2 aromatic carbocycles. The lowest BCUT2D eigenvalue weighted by atomic mass is 10.1. The number of carbonyl (C=O) groups is 1. The molecule has 5 heteroatoms. The average molecular weight is 342 g/mol. The van der Waals surface area contributed by atoms with Crippen LogP contribution in [0.2, 0.25) is 0 Å². The largest absolute Gasteiger partial charge is 0.321 e. The number of nitrogens with one attached hydrogen (secondary N) is 2. The van der Waals surface area contributed by atoms with E-state index in [2.05, 4.69) is 20.5 Å². The van der Waals surface area contributed by atoms with Crippen LogP contribution >= 0.6 is 0 Å². The lowest BCUT2D eigenvalue weighted by Crippen LogP contribution is -2.15. The number of aryl methyl sites for hydroxylation is 2. The first-order valence-electron chi connectivity index (χ1n) is 8.39. The fourth-order valence-electron chi connectivity index (χ4n) is 2.93. The summed E-state index contributed by atoms with van der Waals surface area (Å²) in [7, 11) is 0. The van der Waals surface area contributed by atoms with Gasteiger partial charge in [0, 0.05) is 16.6 Å². The molecule has 1 amide bonds. The number of nitrogens with zero attached hydrogens (tertiary/aromatic N) is 2. The molecule has 2 N–H and O–H groups in total. The topological polar surface area (TPSA) is 70.7 Å². The van der Waals surface area contributed by atoms with E-state index in [-0.39, 0.29) is 5.91 Å². The Balaban J connectivity index is 1.68. The van der Waals surface area contributed by atoms with E-state index < -0.39 is 0 Å². The van der Waals surface area contributed by atoms with Crippen molar-refractivity contribution >= 4 is 22.5 Å². The lowest BCUT2D eigenvalue weighted by Gasteiger charge is -2.10. The molecule has 5 nitrogen and oxygen atoms in total. The van der Waals surface area contributed by atoms with Crippen LogP contribution in [0.4, 0.5) is 5.69 Å². The molecular formula is C21H18N4O. The molecule has 0 saturated heterocycles. The highest BCUT2D eigenvalue weighted by Gasteiger charge is 2.13. The Morgan fingerprint density at radius 2 is 1.92 bits per heavy atom. The molecule has 4 aromatic rings. The zero-order valence-corrected chi connectivity index (χ0v) is 14.6. The van der Waals surface area contributed by atoms with Crippen molar-refractivity contribution in [3.05, 3.63) is 77.6 Å². The summed E-state index contributed by atoms with van der Waals surface area (Å²) in [4.78, 5) is 17.3. The second-order valence-corrected chi connectivity index (χ2v) is 6.36. The van der Waals surface area contributed by atoms with Gasteiger partial charge in [-0.15, -0.1) is 0 Å². The summed E-state index contributed by atoms with van der Waals surface area (Å²) in [5, 5.41) is 11.0. The van der Waals surface area contributed by atoms with Crippen molar-refractivity contribution in [1.29, 1.82) is 0 Å². The molecular weight excluding hydrogens is 324 g/mol. The van der Waals surface area contributed by atoms with Crippen LogP contribution in [0.1, 0.15) is 21.6 Å². The van der Waals surface area contributed by atoms with Crippen LogP contribution in [0.15, 0.2) is 60.8 Å². The minimum absolute atomic E-state index is 0.211. The van der Waals surface area contributed by atoms with Crippen LogP contribution in [0, 0.1) is 13.8 Å². The van der Waals surface area contributed by atoms with E-state index in [0.717, 1.165) is 39.0 Å². The number of H-pyrrole nitrogens is 1. The molecule has 2 heterocycles. The summed E-state index contributed by atoms with van der Waals surface area (Å²) in [6.07, 6.45) is 1.78. The summed E-state index contributed by atoms with van der Waals surface area (Å²) in [5.74, 6) is -0.211. The number of hydrogen-bond acceptors (Lipinski definition) is 3. The number of benzene rings is 2. The third kappa shape index (κ3) is 3.07. The van der Waals surface area contributed by atoms with E-state index in [9.17, 15) is 4.79 Å². The normalized spacial score (nSPS) is 10.8. The number of fused-ring (bicyclic) bond motifs is 1. The number of hydrogen-bond donors (Lipinski definition) is 2. The molecule has 0 fully saturated rings. The molecule has 0 aliphatic rings. The summed E-state index contributed by atoms with van der Waals surface area (Å²) < 4.78 is 0. The highest BCUT2D eigenvalue weighted by molar-refractivity contribution is 6.04. The van der Waals surface area contributed by atoms with E-state index >= 15 is 0 Å². The molecule has 128 valence electrons. The van der Waals surface area contributed by atoms with Gasteiger partial charge in [0.2, 0.25) is 0 Å². The number of aromatic amines is 1. The van der Waals surface area contributed by atoms with E-state index in [1.165, 1.54) is 0 Å². The quantitative estimate of drug-likeness (QED) is 0.576. The number of aromatic nitrogens is 3. The third-order valence-corrected chi connectivity index (χ3v) is 4.33. The van der Waals surface area contributed by atoms with Gasteiger partial charge in [-0.2, -0.15) is 5.10 Å². The first-order valence-corrected chi connectivity index (χ1v) is 8.39. The van der Waals surface area contributed by atoms with Crippen LogP contribution in [0.5, 0.6) is 0 Å². The monoisotopic (exact) mass is 342 g/mol. The highest BCUT2D eigenvalue weighted by atomic mass is 16.1. The van der Waals surface area contributed by atoms with Crippen LogP contribution in [0.25, 0.3) is 22.2 Å². The van der Waals surface area contributed by atoms with Crippen LogP contribution in [-0.4, -0.2) is 21.1 Å². The Hall–Kier alpha value is -3.47. The van der Waals surface area contributed by atoms with Crippen molar-refractivity contribution in [3.8, 4) is 11.3 Å². The van der Waals surface area contributed by atoms with Crippen LogP contribution in [-0.2, 0) is 0 Å². The molecule has 0 aliphatic heterocycles. The van der Waals surface area contributed by atoms with Gasteiger partial charge in [-0.1, -0.05) is 30.3 Å². The number of anilines is 1. The third-order valence-electron chi connectivity index (χ3n) is 4.33. The first kappa shape index (κ1) is 16.0. The predicted molar refractivity (Wildman–Crippen MR) is 103 cm³/mol. The van der Waals surface area contributed by atoms with Crippen LogP contribution < -0.4 is 5.32 Å². The second-order valence-electron chi connectivity index (χ2n) is 6.36. The number of amides is 1. The predicted octanol–water partition coefficient (Wildman–Crippen LogP) is 4.49. The smallest absolute Gasteiger partial charge is 0.274 e. The maximum atomic E-state index is 12.7. The van der Waals surface area contributed by atoms with Crippen molar-refractivity contribution in [2.45, 2.75) is 13.8 Å². The molecule has 0 atom stereocenters. The van der Waals surface area contributed by atoms with E-state index in [1.54, 1.807) is 6.20 Å². The van der Waals surface area contributed by atoms with Crippen molar-refractivity contribution < 1.29 is 4.79 Å². The van der Waals surface area contributed by atoms with Gasteiger partial charge in [-0.25, -0.2) is 4.98 Å². The number of carbonyl (C=O) groups excluding carboxylic acids is 1. The van der Waals surface area contributed by atoms with Crippen molar-refractivity contribution in [1.82, 2.24) is 15.2 Å². The van der Waals surface area contributed by atoms with E-state index in [4.69, 9.17) is 0 Å². The maximum absolute atomic E-state index is 12.7. The SMILES string of the molecule is Cc1cccc(NC(=O)c2nc(-c3ccc4cn[nH]c4c3)ccc2C)c1. The summed E-state index contributed by atoms with van der Waals surface area (Å²) in [6, 6.07) is 17.5. The second kappa shape index (κ2) is 6.44. The molecule has 0 aliphatic carbocycles. The minimum Gasteiger partial charge on any atom is -0.321 e. The minimum atomic E-state index is -0.211. The van der Waals surface area contributed by atoms with E-state index in [0.29, 0.717) is 5.69 Å². The molecule has 4 rings (SSSR count). The van der Waals surface area contributed by atoms with Gasteiger partial charge in [-0.3, -0.25) is 9.89 Å². The van der Waals surface area contributed by atoms with E-state index in [1.807, 2.05) is 68.4 Å². The molecule has 0 saturated carbocycles. The fourth-order valence-corrected chi connectivity index (χ4v) is 2.93. The van der Waals surface area contributed by atoms with Gasteiger partial charge in [0.25, 0.3) is 5.91 Å². The maximum Gasteiger partial charge on any atom is 0.274 e. The average Bonchev–Trinajstić information content (AvgIpc) is 3.09. The molecule has 0 unspecified atom stereocenters. The molecule has 0 bridgehead atoms. The standard InChI is InChI=1S/C21H18N4O/c1-13-4-3-5-17(10-13)23-21(26)20-14(2)6-9-18(24-20)15-7-8-16-12-22-25-19(16)11-15/h3-12H,1-2H3,(H,22,25)(H,23,26).